The fourth-order valence-corrected chi connectivity index (χ4v) is 3.57. The second-order valence-corrected chi connectivity index (χ2v) is 6.87. The Kier molecular flexibility index (Phi) is 5.39. The van der Waals surface area contributed by atoms with Crippen molar-refractivity contribution in [2.45, 2.75) is 20.4 Å². The Labute approximate surface area is 126 Å². The maximum atomic E-state index is 12.1. The molecule has 0 aliphatic carbocycles. The molecule has 0 unspecified atom stereocenters. The van der Waals surface area contributed by atoms with E-state index in [1.54, 1.807) is 11.3 Å². The number of aromatic nitrogens is 2. The van der Waals surface area contributed by atoms with Gasteiger partial charge in [0.2, 0.25) is 0 Å². The first-order valence-corrected chi connectivity index (χ1v) is 8.49. The lowest BCUT2D eigenvalue weighted by Crippen LogP contribution is -2.21. The van der Waals surface area contributed by atoms with Crippen LogP contribution in [0, 0.1) is 13.8 Å². The molecule has 20 heavy (non-hydrogen) atoms. The van der Waals surface area contributed by atoms with E-state index in [-0.39, 0.29) is 5.56 Å². The second-order valence-electron chi connectivity index (χ2n) is 4.52. The molecule has 2 aromatic heterocycles. The molecule has 0 aromatic carbocycles. The quantitative estimate of drug-likeness (QED) is 0.610. The molecule has 0 saturated carbocycles. The summed E-state index contributed by atoms with van der Waals surface area (Å²) in [7, 11) is 0. The number of rotatable bonds is 7. The number of hydrogen-bond acceptors (Lipinski definition) is 5. The van der Waals surface area contributed by atoms with Gasteiger partial charge in [-0.1, -0.05) is 6.08 Å². The van der Waals surface area contributed by atoms with Crippen LogP contribution in [0.2, 0.25) is 0 Å². The van der Waals surface area contributed by atoms with E-state index in [2.05, 4.69) is 21.9 Å². The highest BCUT2D eigenvalue weighted by atomic mass is 32.2. The predicted octanol–water partition coefficient (Wildman–Crippen LogP) is 2.61. The second kappa shape index (κ2) is 7.06. The minimum absolute atomic E-state index is 0.0327. The third-order valence-electron chi connectivity index (χ3n) is 3.04. The molecule has 0 saturated heterocycles. The summed E-state index contributed by atoms with van der Waals surface area (Å²) in [5.74, 6) is 2.70. The van der Waals surface area contributed by atoms with E-state index < -0.39 is 0 Å². The van der Waals surface area contributed by atoms with E-state index in [9.17, 15) is 4.79 Å². The van der Waals surface area contributed by atoms with Crippen LogP contribution in [0.15, 0.2) is 17.4 Å². The monoisotopic (exact) mass is 309 g/mol. The van der Waals surface area contributed by atoms with Crippen molar-refractivity contribution in [2.75, 3.05) is 18.1 Å². The topological polar surface area (TPSA) is 57.8 Å². The summed E-state index contributed by atoms with van der Waals surface area (Å²) >= 11 is 3.41. The Morgan fingerprint density at radius 3 is 3.05 bits per heavy atom. The Hall–Kier alpha value is -1.11. The third-order valence-corrected chi connectivity index (χ3v) is 5.10. The van der Waals surface area contributed by atoms with Gasteiger partial charge in [-0.05, 0) is 19.4 Å². The molecule has 0 amide bonds. The molecular formula is C14H19N3OS2. The van der Waals surface area contributed by atoms with Crippen LogP contribution in [0.25, 0.3) is 10.2 Å². The highest BCUT2D eigenvalue weighted by Crippen LogP contribution is 2.25. The molecule has 0 radical (unpaired) electrons. The average molecular weight is 309 g/mol. The van der Waals surface area contributed by atoms with Crippen molar-refractivity contribution in [2.24, 2.45) is 0 Å². The van der Waals surface area contributed by atoms with Crippen molar-refractivity contribution >= 4 is 33.3 Å². The summed E-state index contributed by atoms with van der Waals surface area (Å²) in [6.07, 6.45) is 1.90. The number of H-pyrrole nitrogens is 1. The summed E-state index contributed by atoms with van der Waals surface area (Å²) in [5.41, 5.74) is 1.01. The van der Waals surface area contributed by atoms with Crippen LogP contribution in [0.5, 0.6) is 0 Å². The lowest BCUT2D eigenvalue weighted by atomic mass is 10.2. The molecule has 0 spiro atoms. The molecule has 0 aliphatic heterocycles. The Bertz CT molecular complexity index is 660. The first-order valence-electron chi connectivity index (χ1n) is 6.51. The van der Waals surface area contributed by atoms with Crippen LogP contribution in [0.4, 0.5) is 0 Å². The highest BCUT2D eigenvalue weighted by molar-refractivity contribution is 7.99. The molecule has 0 atom stereocenters. The number of nitrogens with zero attached hydrogens (tertiary/aromatic N) is 1. The van der Waals surface area contributed by atoms with Crippen LogP contribution in [0.1, 0.15) is 16.3 Å². The first kappa shape index (κ1) is 15.3. The molecule has 2 heterocycles. The number of nitrogens with one attached hydrogen (secondary N) is 2. The fourth-order valence-electron chi connectivity index (χ4n) is 1.90. The van der Waals surface area contributed by atoms with Gasteiger partial charge in [-0.15, -0.1) is 17.9 Å². The van der Waals surface area contributed by atoms with Gasteiger partial charge in [-0.2, -0.15) is 11.8 Å². The molecule has 2 N–H and O–H groups in total. The molecular weight excluding hydrogens is 290 g/mol. The van der Waals surface area contributed by atoms with E-state index >= 15 is 0 Å². The molecule has 4 nitrogen and oxygen atoms in total. The van der Waals surface area contributed by atoms with Gasteiger partial charge in [0.15, 0.2) is 0 Å². The number of fused-ring (bicyclic) bond motifs is 1. The van der Waals surface area contributed by atoms with Crippen LogP contribution < -0.4 is 10.9 Å². The Morgan fingerprint density at radius 2 is 2.30 bits per heavy atom. The molecule has 0 fully saturated rings. The molecule has 2 rings (SSSR count). The Balaban J connectivity index is 2.01. The van der Waals surface area contributed by atoms with Crippen LogP contribution in [0.3, 0.4) is 0 Å². The molecule has 108 valence electrons. The third kappa shape index (κ3) is 3.50. The van der Waals surface area contributed by atoms with Crippen molar-refractivity contribution in [1.82, 2.24) is 15.3 Å². The van der Waals surface area contributed by atoms with Crippen molar-refractivity contribution in [3.05, 3.63) is 39.3 Å². The van der Waals surface area contributed by atoms with E-state index in [1.165, 1.54) is 0 Å². The van der Waals surface area contributed by atoms with E-state index in [0.717, 1.165) is 38.7 Å². The summed E-state index contributed by atoms with van der Waals surface area (Å²) in [4.78, 5) is 21.5. The van der Waals surface area contributed by atoms with E-state index in [0.29, 0.717) is 12.4 Å². The maximum absolute atomic E-state index is 12.1. The van der Waals surface area contributed by atoms with E-state index in [1.807, 2.05) is 31.7 Å². The average Bonchev–Trinajstić information content (AvgIpc) is 2.69. The first-order chi connectivity index (χ1) is 9.63. The molecule has 0 aliphatic rings. The van der Waals surface area contributed by atoms with E-state index in [4.69, 9.17) is 0 Å². The van der Waals surface area contributed by atoms with Gasteiger partial charge in [0.05, 0.1) is 11.9 Å². The number of thioether (sulfide) groups is 1. The van der Waals surface area contributed by atoms with Gasteiger partial charge in [0.1, 0.15) is 10.7 Å². The minimum Gasteiger partial charge on any atom is -0.309 e. The highest BCUT2D eigenvalue weighted by Gasteiger charge is 2.11. The summed E-state index contributed by atoms with van der Waals surface area (Å²) < 4.78 is 0. The van der Waals surface area contributed by atoms with Gasteiger partial charge in [0.25, 0.3) is 5.56 Å². The van der Waals surface area contributed by atoms with Crippen molar-refractivity contribution < 1.29 is 0 Å². The van der Waals surface area contributed by atoms with Crippen LogP contribution in [-0.4, -0.2) is 28.0 Å². The summed E-state index contributed by atoms with van der Waals surface area (Å²) in [6.45, 7) is 9.16. The number of thiophene rings is 1. The van der Waals surface area contributed by atoms with Crippen molar-refractivity contribution in [3.63, 3.8) is 0 Å². The van der Waals surface area contributed by atoms with Gasteiger partial charge < -0.3 is 10.3 Å². The SMILES string of the molecule is C=CCSCCNCc1nc2sc(C)c(C)c2c(=O)[nH]1. The van der Waals surface area contributed by atoms with Gasteiger partial charge >= 0.3 is 0 Å². The van der Waals surface area contributed by atoms with Gasteiger partial charge in [-0.3, -0.25) is 4.79 Å². The van der Waals surface area contributed by atoms with Crippen molar-refractivity contribution in [3.8, 4) is 0 Å². The van der Waals surface area contributed by atoms with Crippen LogP contribution >= 0.6 is 23.1 Å². The number of aryl methyl sites for hydroxylation is 2. The zero-order valence-corrected chi connectivity index (χ0v) is 13.4. The largest absolute Gasteiger partial charge is 0.309 e. The van der Waals surface area contributed by atoms with Gasteiger partial charge in [0, 0.05) is 22.9 Å². The van der Waals surface area contributed by atoms with Crippen molar-refractivity contribution in [1.29, 1.82) is 0 Å². The fraction of sp³-hybridized carbons (Fsp3) is 0.429. The predicted molar refractivity (Wildman–Crippen MR) is 88.9 cm³/mol. The molecule has 2 aromatic rings. The summed E-state index contributed by atoms with van der Waals surface area (Å²) in [6, 6.07) is 0. The maximum Gasteiger partial charge on any atom is 0.259 e. The lowest BCUT2D eigenvalue weighted by Gasteiger charge is -2.03. The zero-order chi connectivity index (χ0) is 14.5. The number of aromatic amines is 1. The zero-order valence-electron chi connectivity index (χ0n) is 11.8. The van der Waals surface area contributed by atoms with Crippen LogP contribution in [-0.2, 0) is 6.54 Å². The summed E-state index contributed by atoms with van der Waals surface area (Å²) in [5, 5.41) is 4.02. The minimum atomic E-state index is -0.0327. The smallest absolute Gasteiger partial charge is 0.259 e. The molecule has 6 heteroatoms. The Morgan fingerprint density at radius 1 is 1.50 bits per heavy atom. The number of hydrogen-bond donors (Lipinski definition) is 2. The molecule has 0 bridgehead atoms. The standard InChI is InChI=1S/C14H19N3OS2/c1-4-6-19-7-5-15-8-11-16-13(18)12-9(2)10(3)20-14(12)17-11/h4,15H,1,5-8H2,2-3H3,(H,16,17,18). The normalized spacial score (nSPS) is 11.1. The lowest BCUT2D eigenvalue weighted by molar-refractivity contribution is 0.696. The van der Waals surface area contributed by atoms with Gasteiger partial charge in [-0.25, -0.2) is 4.98 Å².